The zero-order chi connectivity index (χ0) is 15.8. The highest BCUT2D eigenvalue weighted by Crippen LogP contribution is 2.32. The molecule has 5 heteroatoms. The predicted octanol–water partition coefficient (Wildman–Crippen LogP) is 4.07. The van der Waals surface area contributed by atoms with Crippen molar-refractivity contribution in [2.75, 3.05) is 7.11 Å². The van der Waals surface area contributed by atoms with Gasteiger partial charge < -0.3 is 4.74 Å². The average Bonchev–Trinajstić information content (AvgIpc) is 2.94. The summed E-state index contributed by atoms with van der Waals surface area (Å²) in [6.45, 7) is 0.458. The van der Waals surface area contributed by atoms with Crippen molar-refractivity contribution in [2.45, 2.75) is 32.3 Å². The van der Waals surface area contributed by atoms with Crippen molar-refractivity contribution in [3.05, 3.63) is 52.4 Å². The molecule has 0 saturated carbocycles. The summed E-state index contributed by atoms with van der Waals surface area (Å²) in [5.41, 5.74) is 6.44. The van der Waals surface area contributed by atoms with Crippen LogP contribution >= 0.6 is 11.6 Å². The lowest BCUT2D eigenvalue weighted by molar-refractivity contribution is 0.181. The number of aromatic nitrogens is 3. The van der Waals surface area contributed by atoms with Crippen LogP contribution in [0, 0.1) is 0 Å². The van der Waals surface area contributed by atoms with Gasteiger partial charge in [0.25, 0.3) is 0 Å². The Morgan fingerprint density at radius 3 is 2.96 bits per heavy atom. The van der Waals surface area contributed by atoms with E-state index in [2.05, 4.69) is 0 Å². The van der Waals surface area contributed by atoms with E-state index in [1.165, 1.54) is 24.1 Å². The summed E-state index contributed by atoms with van der Waals surface area (Å²) in [6, 6.07) is 7.83. The Morgan fingerprint density at radius 2 is 2.13 bits per heavy atom. The largest absolute Gasteiger partial charge is 0.378 e. The minimum absolute atomic E-state index is 0.458. The Hall–Kier alpha value is -1.91. The van der Waals surface area contributed by atoms with Gasteiger partial charge in [-0.05, 0) is 48.9 Å². The first-order chi connectivity index (χ1) is 11.3. The molecule has 2 heterocycles. The van der Waals surface area contributed by atoms with Crippen LogP contribution < -0.4 is 0 Å². The van der Waals surface area contributed by atoms with Gasteiger partial charge in [0.2, 0.25) is 0 Å². The number of hydrogen-bond donors (Lipinski definition) is 0. The van der Waals surface area contributed by atoms with E-state index in [4.69, 9.17) is 26.4 Å². The second kappa shape index (κ2) is 5.95. The summed E-state index contributed by atoms with van der Waals surface area (Å²) in [5.74, 6) is 0. The smallest absolute Gasteiger partial charge is 0.163 e. The summed E-state index contributed by atoms with van der Waals surface area (Å²) >= 11 is 6.18. The summed E-state index contributed by atoms with van der Waals surface area (Å²) in [7, 11) is 1.69. The summed E-state index contributed by atoms with van der Waals surface area (Å²) < 4.78 is 7.37. The standard InChI is InChI=1S/C18H18ClN3O/c1-23-11-15-17(12-6-4-7-14(19)9-12)18-20-10-13-5-2-3-8-16(13)22(18)21-15/h4,6-7,9-10H,2-3,5,8,11H2,1H3. The zero-order valence-electron chi connectivity index (χ0n) is 13.1. The molecule has 2 aromatic heterocycles. The second-order valence-electron chi connectivity index (χ2n) is 5.94. The van der Waals surface area contributed by atoms with E-state index < -0.39 is 0 Å². The number of ether oxygens (including phenoxy) is 1. The molecule has 0 unspecified atom stereocenters. The number of benzene rings is 1. The third-order valence-corrected chi connectivity index (χ3v) is 4.64. The van der Waals surface area contributed by atoms with Gasteiger partial charge in [-0.2, -0.15) is 5.10 Å². The van der Waals surface area contributed by atoms with Gasteiger partial charge in [-0.15, -0.1) is 0 Å². The molecule has 118 valence electrons. The van der Waals surface area contributed by atoms with E-state index in [0.29, 0.717) is 11.6 Å². The molecule has 0 bridgehead atoms. The van der Waals surface area contributed by atoms with Crippen LogP contribution in [0.5, 0.6) is 0 Å². The monoisotopic (exact) mass is 327 g/mol. The lowest BCUT2D eigenvalue weighted by Gasteiger charge is -2.15. The van der Waals surface area contributed by atoms with E-state index in [9.17, 15) is 0 Å². The Morgan fingerprint density at radius 1 is 1.26 bits per heavy atom. The molecular formula is C18H18ClN3O. The maximum atomic E-state index is 6.18. The summed E-state index contributed by atoms with van der Waals surface area (Å²) in [5, 5.41) is 5.52. The molecule has 1 aromatic carbocycles. The van der Waals surface area contributed by atoms with E-state index >= 15 is 0 Å². The van der Waals surface area contributed by atoms with Crippen molar-refractivity contribution in [1.82, 2.24) is 14.6 Å². The van der Waals surface area contributed by atoms with Gasteiger partial charge in [0, 0.05) is 24.0 Å². The number of nitrogens with zero attached hydrogens (tertiary/aromatic N) is 3. The summed E-state index contributed by atoms with van der Waals surface area (Å²) in [4.78, 5) is 4.71. The Balaban J connectivity index is 1.99. The van der Waals surface area contributed by atoms with E-state index in [0.717, 1.165) is 35.3 Å². The van der Waals surface area contributed by atoms with Crippen LogP contribution in [-0.2, 0) is 24.2 Å². The molecule has 0 saturated heterocycles. The van der Waals surface area contributed by atoms with Crippen molar-refractivity contribution >= 4 is 17.2 Å². The molecule has 0 aliphatic heterocycles. The number of rotatable bonds is 3. The quantitative estimate of drug-likeness (QED) is 0.727. The van der Waals surface area contributed by atoms with Gasteiger partial charge in [-0.1, -0.05) is 23.7 Å². The van der Waals surface area contributed by atoms with Crippen molar-refractivity contribution in [3.8, 4) is 11.1 Å². The lowest BCUT2D eigenvalue weighted by Crippen LogP contribution is -2.10. The number of methoxy groups -OCH3 is 1. The van der Waals surface area contributed by atoms with E-state index in [-0.39, 0.29) is 0 Å². The van der Waals surface area contributed by atoms with Gasteiger partial charge in [-0.3, -0.25) is 0 Å². The first-order valence-electron chi connectivity index (χ1n) is 7.91. The maximum Gasteiger partial charge on any atom is 0.163 e. The normalized spacial score (nSPS) is 14.2. The van der Waals surface area contributed by atoms with Crippen LogP contribution in [0.4, 0.5) is 0 Å². The van der Waals surface area contributed by atoms with Crippen LogP contribution in [0.2, 0.25) is 5.02 Å². The van der Waals surface area contributed by atoms with Gasteiger partial charge in [0.15, 0.2) is 5.65 Å². The topological polar surface area (TPSA) is 39.4 Å². The maximum absolute atomic E-state index is 6.18. The van der Waals surface area contributed by atoms with Crippen molar-refractivity contribution in [2.24, 2.45) is 0 Å². The Labute approximate surface area is 140 Å². The van der Waals surface area contributed by atoms with Crippen molar-refractivity contribution in [3.63, 3.8) is 0 Å². The molecular weight excluding hydrogens is 310 g/mol. The molecule has 0 amide bonds. The first-order valence-corrected chi connectivity index (χ1v) is 8.29. The average molecular weight is 328 g/mol. The van der Waals surface area contributed by atoms with Gasteiger partial charge in [-0.25, -0.2) is 9.50 Å². The van der Waals surface area contributed by atoms with Crippen molar-refractivity contribution < 1.29 is 4.74 Å². The third kappa shape index (κ3) is 2.52. The molecule has 0 fully saturated rings. The zero-order valence-corrected chi connectivity index (χ0v) is 13.8. The number of halogens is 1. The molecule has 0 N–H and O–H groups in total. The SMILES string of the molecule is COCc1nn2c3c(cnc2c1-c1cccc(Cl)c1)CCCC3. The highest BCUT2D eigenvalue weighted by atomic mass is 35.5. The van der Waals surface area contributed by atoms with E-state index in [1.54, 1.807) is 7.11 Å². The third-order valence-electron chi connectivity index (χ3n) is 4.41. The fourth-order valence-corrected chi connectivity index (χ4v) is 3.56. The second-order valence-corrected chi connectivity index (χ2v) is 6.37. The number of fused-ring (bicyclic) bond motifs is 3. The summed E-state index contributed by atoms with van der Waals surface area (Å²) in [6.07, 6.45) is 6.59. The lowest BCUT2D eigenvalue weighted by atomic mass is 9.97. The fraction of sp³-hybridized carbons (Fsp3) is 0.333. The van der Waals surface area contributed by atoms with Gasteiger partial charge in [0.05, 0.1) is 17.9 Å². The van der Waals surface area contributed by atoms with Crippen LogP contribution in [0.1, 0.15) is 29.8 Å². The highest BCUT2D eigenvalue weighted by Gasteiger charge is 2.21. The Bertz CT molecular complexity index is 872. The molecule has 0 atom stereocenters. The number of aryl methyl sites for hydroxylation is 2. The molecule has 0 spiro atoms. The van der Waals surface area contributed by atoms with Gasteiger partial charge in [0.1, 0.15) is 0 Å². The van der Waals surface area contributed by atoms with Crippen LogP contribution in [0.15, 0.2) is 30.5 Å². The first kappa shape index (κ1) is 14.7. The molecule has 3 aromatic rings. The van der Waals surface area contributed by atoms with Crippen LogP contribution in [0.25, 0.3) is 16.8 Å². The highest BCUT2D eigenvalue weighted by molar-refractivity contribution is 6.30. The van der Waals surface area contributed by atoms with Gasteiger partial charge >= 0.3 is 0 Å². The van der Waals surface area contributed by atoms with E-state index in [1.807, 2.05) is 35.0 Å². The number of hydrogen-bond acceptors (Lipinski definition) is 3. The molecule has 4 nitrogen and oxygen atoms in total. The predicted molar refractivity (Wildman–Crippen MR) is 90.8 cm³/mol. The Kier molecular flexibility index (Phi) is 3.79. The van der Waals surface area contributed by atoms with Crippen molar-refractivity contribution in [1.29, 1.82) is 0 Å². The fourth-order valence-electron chi connectivity index (χ4n) is 3.37. The minimum atomic E-state index is 0.458. The molecule has 4 rings (SSSR count). The minimum Gasteiger partial charge on any atom is -0.378 e. The molecule has 1 aliphatic carbocycles. The molecule has 1 aliphatic rings. The van der Waals surface area contributed by atoms with Crippen LogP contribution in [-0.4, -0.2) is 21.7 Å². The molecule has 23 heavy (non-hydrogen) atoms. The molecule has 0 radical (unpaired) electrons. The van der Waals surface area contributed by atoms with Crippen LogP contribution in [0.3, 0.4) is 0 Å².